The van der Waals surface area contributed by atoms with Gasteiger partial charge in [0, 0.05) is 19.3 Å². The average Bonchev–Trinajstić information content (AvgIpc) is 2.29. The molecule has 0 spiro atoms. The van der Waals surface area contributed by atoms with Crippen molar-refractivity contribution >= 4 is 11.6 Å². The van der Waals surface area contributed by atoms with E-state index in [1.165, 1.54) is 0 Å². The summed E-state index contributed by atoms with van der Waals surface area (Å²) in [6, 6.07) is 3.40. The van der Waals surface area contributed by atoms with Gasteiger partial charge in [0.25, 0.3) is 5.91 Å². The molecular weight excluding hydrogens is 206 g/mol. The van der Waals surface area contributed by atoms with E-state index in [2.05, 4.69) is 4.98 Å². The van der Waals surface area contributed by atoms with Gasteiger partial charge in [0.1, 0.15) is 0 Å². The zero-order valence-electron chi connectivity index (χ0n) is 9.22. The number of nitrogen functional groups attached to an aromatic ring is 1. The molecule has 1 aromatic rings. The number of anilines is 1. The Morgan fingerprint density at radius 1 is 1.69 bits per heavy atom. The van der Waals surface area contributed by atoms with Crippen LogP contribution in [0.2, 0.25) is 0 Å². The molecule has 1 unspecified atom stereocenters. The smallest absolute Gasteiger partial charge is 0.274 e. The molecule has 86 valence electrons. The monoisotopic (exact) mass is 221 g/mol. The van der Waals surface area contributed by atoms with Gasteiger partial charge >= 0.3 is 0 Å². The van der Waals surface area contributed by atoms with E-state index < -0.39 is 0 Å². The van der Waals surface area contributed by atoms with E-state index >= 15 is 0 Å². The van der Waals surface area contributed by atoms with Crippen LogP contribution in [0.5, 0.6) is 0 Å². The second-order valence-corrected chi connectivity index (χ2v) is 3.87. The second-order valence-electron chi connectivity index (χ2n) is 3.87. The van der Waals surface area contributed by atoms with Gasteiger partial charge in [-0.25, -0.2) is 4.98 Å². The molecule has 0 aromatic carbocycles. The molecule has 1 aliphatic heterocycles. The number of nitrogens with two attached hydrogens (primary N) is 1. The Balaban J connectivity index is 2.16. The van der Waals surface area contributed by atoms with Crippen molar-refractivity contribution in [3.8, 4) is 0 Å². The molecule has 2 heterocycles. The van der Waals surface area contributed by atoms with Crippen LogP contribution < -0.4 is 5.73 Å². The summed E-state index contributed by atoms with van der Waals surface area (Å²) in [6.45, 7) is 3.70. The first-order valence-electron chi connectivity index (χ1n) is 5.30. The lowest BCUT2D eigenvalue weighted by molar-refractivity contribution is -0.0125. The maximum absolute atomic E-state index is 12.1. The van der Waals surface area contributed by atoms with Gasteiger partial charge in [-0.3, -0.25) is 4.79 Å². The SMILES string of the molecule is CC1CN(C(=O)c2ncccc2N)CCO1. The number of carbonyl (C=O) groups excluding carboxylic acids is 1. The number of nitrogens with zero attached hydrogens (tertiary/aromatic N) is 2. The maximum atomic E-state index is 12.1. The minimum atomic E-state index is -0.117. The fraction of sp³-hybridized carbons (Fsp3) is 0.455. The standard InChI is InChI=1S/C11H15N3O2/c1-8-7-14(5-6-16-8)11(15)10-9(12)3-2-4-13-10/h2-4,8H,5-7,12H2,1H3. The molecule has 0 saturated carbocycles. The van der Waals surface area contributed by atoms with E-state index in [9.17, 15) is 4.79 Å². The van der Waals surface area contributed by atoms with Crippen LogP contribution >= 0.6 is 0 Å². The molecule has 1 atom stereocenters. The summed E-state index contributed by atoms with van der Waals surface area (Å²) in [4.78, 5) is 17.8. The molecule has 1 amide bonds. The molecule has 1 aromatic heterocycles. The molecule has 0 radical (unpaired) electrons. The Morgan fingerprint density at radius 2 is 2.50 bits per heavy atom. The van der Waals surface area contributed by atoms with Crippen molar-refractivity contribution in [2.24, 2.45) is 0 Å². The zero-order valence-corrected chi connectivity index (χ0v) is 9.22. The van der Waals surface area contributed by atoms with Crippen molar-refractivity contribution < 1.29 is 9.53 Å². The molecule has 1 saturated heterocycles. The molecule has 5 nitrogen and oxygen atoms in total. The third kappa shape index (κ3) is 2.14. The highest BCUT2D eigenvalue weighted by Gasteiger charge is 2.24. The average molecular weight is 221 g/mol. The summed E-state index contributed by atoms with van der Waals surface area (Å²) in [5.41, 5.74) is 6.47. The summed E-state index contributed by atoms with van der Waals surface area (Å²) in [6.07, 6.45) is 1.65. The molecule has 1 aliphatic rings. The molecule has 5 heteroatoms. The topological polar surface area (TPSA) is 68.5 Å². The molecule has 2 rings (SSSR count). The highest BCUT2D eigenvalue weighted by atomic mass is 16.5. The van der Waals surface area contributed by atoms with E-state index in [-0.39, 0.29) is 12.0 Å². The molecule has 0 bridgehead atoms. The fourth-order valence-electron chi connectivity index (χ4n) is 1.75. The highest BCUT2D eigenvalue weighted by molar-refractivity contribution is 5.97. The van der Waals surface area contributed by atoms with E-state index in [1.54, 1.807) is 23.2 Å². The van der Waals surface area contributed by atoms with Gasteiger partial charge in [-0.2, -0.15) is 0 Å². The Bertz CT molecular complexity index is 395. The molecular formula is C11H15N3O2. The van der Waals surface area contributed by atoms with Gasteiger partial charge in [-0.05, 0) is 19.1 Å². The van der Waals surface area contributed by atoms with Gasteiger partial charge in [-0.15, -0.1) is 0 Å². The number of hydrogen-bond acceptors (Lipinski definition) is 4. The van der Waals surface area contributed by atoms with Crippen LogP contribution in [-0.2, 0) is 4.74 Å². The lowest BCUT2D eigenvalue weighted by Crippen LogP contribution is -2.44. The summed E-state index contributed by atoms with van der Waals surface area (Å²) >= 11 is 0. The zero-order chi connectivity index (χ0) is 11.5. The van der Waals surface area contributed by atoms with Crippen LogP contribution in [0.3, 0.4) is 0 Å². The van der Waals surface area contributed by atoms with E-state index in [0.29, 0.717) is 31.1 Å². The largest absolute Gasteiger partial charge is 0.397 e. The van der Waals surface area contributed by atoms with Crippen LogP contribution in [0.4, 0.5) is 5.69 Å². The number of carbonyl (C=O) groups is 1. The van der Waals surface area contributed by atoms with Crippen LogP contribution in [0.1, 0.15) is 17.4 Å². The first-order chi connectivity index (χ1) is 7.68. The lowest BCUT2D eigenvalue weighted by Gasteiger charge is -2.31. The molecule has 1 fully saturated rings. The summed E-state index contributed by atoms with van der Waals surface area (Å²) < 4.78 is 5.38. The predicted molar refractivity (Wildman–Crippen MR) is 60.0 cm³/mol. The molecule has 16 heavy (non-hydrogen) atoms. The number of morpholine rings is 1. The van der Waals surface area contributed by atoms with Gasteiger partial charge in [0.05, 0.1) is 18.4 Å². The van der Waals surface area contributed by atoms with E-state index in [4.69, 9.17) is 10.5 Å². The highest BCUT2D eigenvalue weighted by Crippen LogP contribution is 2.13. The third-order valence-electron chi connectivity index (χ3n) is 2.57. The number of hydrogen-bond donors (Lipinski definition) is 1. The number of ether oxygens (including phenoxy) is 1. The van der Waals surface area contributed by atoms with Gasteiger partial charge in [-0.1, -0.05) is 0 Å². The lowest BCUT2D eigenvalue weighted by atomic mass is 10.2. The summed E-state index contributed by atoms with van der Waals surface area (Å²) in [7, 11) is 0. The van der Waals surface area contributed by atoms with Gasteiger partial charge in [0.15, 0.2) is 5.69 Å². The summed E-state index contributed by atoms with van der Waals surface area (Å²) in [5.74, 6) is -0.117. The van der Waals surface area contributed by atoms with Crippen molar-refractivity contribution in [3.05, 3.63) is 24.0 Å². The minimum absolute atomic E-state index is 0.0719. The van der Waals surface area contributed by atoms with Crippen LogP contribution in [0, 0.1) is 0 Å². The van der Waals surface area contributed by atoms with Crippen LogP contribution in [-0.4, -0.2) is 41.6 Å². The van der Waals surface area contributed by atoms with Crippen molar-refractivity contribution in [1.82, 2.24) is 9.88 Å². The minimum Gasteiger partial charge on any atom is -0.397 e. The van der Waals surface area contributed by atoms with E-state index in [1.807, 2.05) is 6.92 Å². The van der Waals surface area contributed by atoms with Crippen molar-refractivity contribution in [2.45, 2.75) is 13.0 Å². The van der Waals surface area contributed by atoms with Gasteiger partial charge in [0.2, 0.25) is 0 Å². The quantitative estimate of drug-likeness (QED) is 0.750. The Hall–Kier alpha value is -1.62. The number of amides is 1. The summed E-state index contributed by atoms with van der Waals surface area (Å²) in [5, 5.41) is 0. The second kappa shape index (κ2) is 4.49. The first-order valence-corrected chi connectivity index (χ1v) is 5.30. The number of rotatable bonds is 1. The molecule has 0 aliphatic carbocycles. The Labute approximate surface area is 94.2 Å². The van der Waals surface area contributed by atoms with Gasteiger partial charge < -0.3 is 15.4 Å². The Morgan fingerprint density at radius 3 is 3.19 bits per heavy atom. The molecule has 2 N–H and O–H groups in total. The van der Waals surface area contributed by atoms with Crippen LogP contribution in [0.25, 0.3) is 0 Å². The predicted octanol–water partition coefficient (Wildman–Crippen LogP) is 0.525. The van der Waals surface area contributed by atoms with Crippen molar-refractivity contribution in [2.75, 3.05) is 25.4 Å². The van der Waals surface area contributed by atoms with Crippen LogP contribution in [0.15, 0.2) is 18.3 Å². The van der Waals surface area contributed by atoms with Crippen molar-refractivity contribution in [3.63, 3.8) is 0 Å². The van der Waals surface area contributed by atoms with Crippen molar-refractivity contribution in [1.29, 1.82) is 0 Å². The third-order valence-corrected chi connectivity index (χ3v) is 2.57. The maximum Gasteiger partial charge on any atom is 0.274 e. The van der Waals surface area contributed by atoms with E-state index in [0.717, 1.165) is 0 Å². The fourth-order valence-corrected chi connectivity index (χ4v) is 1.75. The number of pyridine rings is 1. The normalized spacial score (nSPS) is 20.8. The number of aromatic nitrogens is 1. The Kier molecular flexibility index (Phi) is 3.05. The first kappa shape index (κ1) is 10.9.